The number of methoxy groups -OCH3 is 1. The first-order valence-corrected chi connectivity index (χ1v) is 5.56. The first kappa shape index (κ1) is 13.0. The van der Waals surface area contributed by atoms with Gasteiger partial charge in [-0.3, -0.25) is 0 Å². The lowest BCUT2D eigenvalue weighted by atomic mass is 10.1. The second-order valence-electron chi connectivity index (χ2n) is 4.19. The van der Waals surface area contributed by atoms with Crippen LogP contribution in [0.4, 0.5) is 0 Å². The summed E-state index contributed by atoms with van der Waals surface area (Å²) in [7, 11) is 1.68. The maximum Gasteiger partial charge on any atom is 0.124 e. The molecule has 0 aliphatic carbocycles. The summed E-state index contributed by atoms with van der Waals surface area (Å²) in [5, 5.41) is 0. The lowest BCUT2D eigenvalue weighted by Crippen LogP contribution is -2.17. The summed E-state index contributed by atoms with van der Waals surface area (Å²) in [6.07, 6.45) is 0.0847. The SMILES string of the molecule is COC(C)COc1cc(C)ccc1[C@@H](C)N. The first-order valence-electron chi connectivity index (χ1n) is 5.56. The van der Waals surface area contributed by atoms with E-state index in [1.165, 1.54) is 5.56 Å². The fourth-order valence-corrected chi connectivity index (χ4v) is 1.42. The van der Waals surface area contributed by atoms with Gasteiger partial charge in [0, 0.05) is 18.7 Å². The fraction of sp³-hybridized carbons (Fsp3) is 0.538. The van der Waals surface area contributed by atoms with Crippen LogP contribution in [0.1, 0.15) is 31.0 Å². The Hall–Kier alpha value is -1.06. The van der Waals surface area contributed by atoms with E-state index in [0.717, 1.165) is 11.3 Å². The molecule has 0 radical (unpaired) electrons. The monoisotopic (exact) mass is 223 g/mol. The van der Waals surface area contributed by atoms with Crippen LogP contribution >= 0.6 is 0 Å². The minimum atomic E-state index is -0.0200. The van der Waals surface area contributed by atoms with Gasteiger partial charge in [0.25, 0.3) is 0 Å². The van der Waals surface area contributed by atoms with E-state index >= 15 is 0 Å². The molecule has 0 heterocycles. The molecule has 0 bridgehead atoms. The van der Waals surface area contributed by atoms with Crippen LogP contribution < -0.4 is 10.5 Å². The number of benzene rings is 1. The van der Waals surface area contributed by atoms with Crippen molar-refractivity contribution in [3.05, 3.63) is 29.3 Å². The Morgan fingerprint density at radius 2 is 2.00 bits per heavy atom. The van der Waals surface area contributed by atoms with Crippen molar-refractivity contribution in [2.75, 3.05) is 13.7 Å². The molecule has 16 heavy (non-hydrogen) atoms. The molecule has 0 fully saturated rings. The summed E-state index contributed by atoms with van der Waals surface area (Å²) in [6, 6.07) is 6.06. The van der Waals surface area contributed by atoms with Crippen molar-refractivity contribution in [2.45, 2.75) is 32.9 Å². The predicted molar refractivity (Wildman–Crippen MR) is 65.7 cm³/mol. The number of hydrogen-bond acceptors (Lipinski definition) is 3. The van der Waals surface area contributed by atoms with Crippen LogP contribution in [-0.2, 0) is 4.74 Å². The Kier molecular flexibility index (Phi) is 4.77. The van der Waals surface area contributed by atoms with Gasteiger partial charge in [-0.1, -0.05) is 12.1 Å². The number of rotatable bonds is 5. The molecule has 3 heteroatoms. The Labute approximate surface area is 97.6 Å². The molecule has 2 atom stereocenters. The molecular formula is C13H21NO2. The molecule has 1 aromatic carbocycles. The zero-order chi connectivity index (χ0) is 12.1. The van der Waals surface area contributed by atoms with Crippen LogP contribution in [0.25, 0.3) is 0 Å². The third-order valence-electron chi connectivity index (χ3n) is 2.54. The largest absolute Gasteiger partial charge is 0.491 e. The van der Waals surface area contributed by atoms with Crippen LogP contribution in [0.2, 0.25) is 0 Å². The third-order valence-corrected chi connectivity index (χ3v) is 2.54. The maximum absolute atomic E-state index is 5.89. The van der Waals surface area contributed by atoms with Crippen LogP contribution in [0, 0.1) is 6.92 Å². The fourth-order valence-electron chi connectivity index (χ4n) is 1.42. The van der Waals surface area contributed by atoms with Gasteiger partial charge in [0.05, 0.1) is 6.10 Å². The van der Waals surface area contributed by atoms with E-state index in [1.54, 1.807) is 7.11 Å². The summed E-state index contributed by atoms with van der Waals surface area (Å²) in [5.74, 6) is 0.860. The number of aryl methyl sites for hydroxylation is 1. The summed E-state index contributed by atoms with van der Waals surface area (Å²) < 4.78 is 10.9. The summed E-state index contributed by atoms with van der Waals surface area (Å²) in [6.45, 7) is 6.51. The van der Waals surface area contributed by atoms with Gasteiger partial charge in [-0.2, -0.15) is 0 Å². The number of nitrogens with two attached hydrogens (primary N) is 1. The average molecular weight is 223 g/mol. The molecule has 0 aromatic heterocycles. The summed E-state index contributed by atoms with van der Waals surface area (Å²) in [4.78, 5) is 0. The van der Waals surface area contributed by atoms with Gasteiger partial charge in [0.2, 0.25) is 0 Å². The molecule has 0 aliphatic heterocycles. The molecule has 1 rings (SSSR count). The number of hydrogen-bond donors (Lipinski definition) is 1. The standard InChI is InChI=1S/C13H21NO2/c1-9-5-6-12(11(3)14)13(7-9)16-8-10(2)15-4/h5-7,10-11H,8,14H2,1-4H3/t10?,11-/m1/s1. The van der Waals surface area contributed by atoms with E-state index in [-0.39, 0.29) is 12.1 Å². The lowest BCUT2D eigenvalue weighted by molar-refractivity contribution is 0.0712. The van der Waals surface area contributed by atoms with E-state index < -0.39 is 0 Å². The predicted octanol–water partition coefficient (Wildman–Crippen LogP) is 2.43. The Morgan fingerprint density at radius 3 is 2.56 bits per heavy atom. The van der Waals surface area contributed by atoms with Crippen molar-refractivity contribution in [2.24, 2.45) is 5.73 Å². The molecule has 2 N–H and O–H groups in total. The highest BCUT2D eigenvalue weighted by Gasteiger charge is 2.09. The highest BCUT2D eigenvalue weighted by Crippen LogP contribution is 2.25. The van der Waals surface area contributed by atoms with Crippen LogP contribution in [0.5, 0.6) is 5.75 Å². The summed E-state index contributed by atoms with van der Waals surface area (Å²) >= 11 is 0. The van der Waals surface area contributed by atoms with Gasteiger partial charge in [-0.25, -0.2) is 0 Å². The lowest BCUT2D eigenvalue weighted by Gasteiger charge is -2.17. The normalized spacial score (nSPS) is 14.6. The minimum absolute atomic E-state index is 0.0200. The molecule has 1 unspecified atom stereocenters. The zero-order valence-corrected chi connectivity index (χ0v) is 10.5. The molecule has 0 spiro atoms. The summed E-state index contributed by atoms with van der Waals surface area (Å²) in [5.41, 5.74) is 8.10. The minimum Gasteiger partial charge on any atom is -0.491 e. The van der Waals surface area contributed by atoms with Crippen molar-refractivity contribution in [3.8, 4) is 5.75 Å². The quantitative estimate of drug-likeness (QED) is 0.833. The molecule has 1 aromatic rings. The number of ether oxygens (including phenoxy) is 2. The molecule has 0 aliphatic rings. The van der Waals surface area contributed by atoms with E-state index in [4.69, 9.17) is 15.2 Å². The van der Waals surface area contributed by atoms with Crippen LogP contribution in [-0.4, -0.2) is 19.8 Å². The molecule has 0 saturated carbocycles. The smallest absolute Gasteiger partial charge is 0.124 e. The second-order valence-corrected chi connectivity index (χ2v) is 4.19. The van der Waals surface area contributed by atoms with E-state index in [1.807, 2.05) is 39.0 Å². The Morgan fingerprint density at radius 1 is 1.31 bits per heavy atom. The van der Waals surface area contributed by atoms with Crippen molar-refractivity contribution in [3.63, 3.8) is 0 Å². The van der Waals surface area contributed by atoms with Gasteiger partial charge in [0.1, 0.15) is 12.4 Å². The second kappa shape index (κ2) is 5.87. The van der Waals surface area contributed by atoms with Crippen molar-refractivity contribution in [1.29, 1.82) is 0 Å². The molecular weight excluding hydrogens is 202 g/mol. The van der Waals surface area contributed by atoms with E-state index in [2.05, 4.69) is 0 Å². The maximum atomic E-state index is 5.89. The van der Waals surface area contributed by atoms with Gasteiger partial charge in [0.15, 0.2) is 0 Å². The van der Waals surface area contributed by atoms with Gasteiger partial charge < -0.3 is 15.2 Å². The highest BCUT2D eigenvalue weighted by atomic mass is 16.5. The zero-order valence-electron chi connectivity index (χ0n) is 10.5. The van der Waals surface area contributed by atoms with E-state index in [0.29, 0.717) is 6.61 Å². The van der Waals surface area contributed by atoms with Crippen molar-refractivity contribution >= 4 is 0 Å². The topological polar surface area (TPSA) is 44.5 Å². The van der Waals surface area contributed by atoms with E-state index in [9.17, 15) is 0 Å². The van der Waals surface area contributed by atoms with Gasteiger partial charge >= 0.3 is 0 Å². The molecule has 0 saturated heterocycles. The average Bonchev–Trinajstić information content (AvgIpc) is 2.25. The van der Waals surface area contributed by atoms with Crippen molar-refractivity contribution < 1.29 is 9.47 Å². The molecule has 3 nitrogen and oxygen atoms in total. The Balaban J connectivity index is 2.80. The van der Waals surface area contributed by atoms with Crippen LogP contribution in [0.15, 0.2) is 18.2 Å². The van der Waals surface area contributed by atoms with Gasteiger partial charge in [-0.05, 0) is 32.4 Å². The third kappa shape index (κ3) is 3.51. The highest BCUT2D eigenvalue weighted by molar-refractivity contribution is 5.38. The molecule has 90 valence electrons. The molecule has 0 amide bonds. The Bertz CT molecular complexity index is 337. The first-order chi connectivity index (χ1) is 7.54. The van der Waals surface area contributed by atoms with Crippen molar-refractivity contribution in [1.82, 2.24) is 0 Å². The van der Waals surface area contributed by atoms with Gasteiger partial charge in [-0.15, -0.1) is 0 Å². The van der Waals surface area contributed by atoms with Crippen LogP contribution in [0.3, 0.4) is 0 Å².